The van der Waals surface area contributed by atoms with Gasteiger partial charge in [0.1, 0.15) is 18.3 Å². The molecule has 3 amide bonds. The van der Waals surface area contributed by atoms with Crippen molar-refractivity contribution in [2.75, 3.05) is 0 Å². The minimum absolute atomic E-state index is 0. The summed E-state index contributed by atoms with van der Waals surface area (Å²) in [4.78, 5) is 26.0. The first kappa shape index (κ1) is 30.9. The zero-order valence-electron chi connectivity index (χ0n) is 11.3. The molecule has 0 heterocycles. The van der Waals surface area contributed by atoms with Crippen molar-refractivity contribution in [3.8, 4) is 0 Å². The minimum atomic E-state index is -1.58. The van der Waals surface area contributed by atoms with E-state index >= 15 is 0 Å². The van der Waals surface area contributed by atoms with Gasteiger partial charge >= 0.3 is 40.8 Å². The van der Waals surface area contributed by atoms with Crippen LogP contribution >= 0.6 is 0 Å². The SMILES string of the molecule is CC(C)C(C)C.NC(=O)[O-].NC(=O)[O-].NC(=O)[O-].[Nd+3]. The van der Waals surface area contributed by atoms with Crippen molar-refractivity contribution in [1.82, 2.24) is 0 Å². The maximum Gasteiger partial charge on any atom is 3.00 e. The number of nitrogens with two attached hydrogens (primary N) is 3. The molecule has 0 aromatic heterocycles. The first-order valence-corrected chi connectivity index (χ1v) is 4.73. The van der Waals surface area contributed by atoms with E-state index in [0.717, 1.165) is 11.8 Å². The van der Waals surface area contributed by atoms with Crippen LogP contribution in [0.25, 0.3) is 0 Å². The number of carboxylic acid groups (broad SMARTS) is 3. The van der Waals surface area contributed by atoms with Crippen molar-refractivity contribution in [1.29, 1.82) is 0 Å². The van der Waals surface area contributed by atoms with Gasteiger partial charge in [-0.05, 0) is 11.8 Å². The smallest absolute Gasteiger partial charge is 0.530 e. The molecule has 0 fully saturated rings. The van der Waals surface area contributed by atoms with Crippen LogP contribution in [0.1, 0.15) is 27.7 Å². The first-order valence-electron chi connectivity index (χ1n) is 4.73. The fourth-order valence-electron chi connectivity index (χ4n) is 0. The van der Waals surface area contributed by atoms with Crippen LogP contribution in [0.5, 0.6) is 0 Å². The van der Waals surface area contributed by atoms with Crippen LogP contribution in [-0.2, 0) is 0 Å². The summed E-state index contributed by atoms with van der Waals surface area (Å²) in [5.41, 5.74) is 11.8. The van der Waals surface area contributed by atoms with E-state index in [1.807, 2.05) is 0 Å². The second-order valence-corrected chi connectivity index (χ2v) is 3.45. The Morgan fingerprint density at radius 1 is 0.684 bits per heavy atom. The van der Waals surface area contributed by atoms with Crippen LogP contribution in [-0.4, -0.2) is 18.3 Å². The molecule has 0 saturated carbocycles. The van der Waals surface area contributed by atoms with Crippen molar-refractivity contribution >= 4 is 18.3 Å². The largest absolute Gasteiger partial charge is 3.00 e. The van der Waals surface area contributed by atoms with Crippen molar-refractivity contribution < 1.29 is 70.5 Å². The monoisotopic (exact) mass is 408 g/mol. The fraction of sp³-hybridized carbons (Fsp3) is 0.667. The third-order valence-corrected chi connectivity index (χ3v) is 1.33. The van der Waals surface area contributed by atoms with Crippen molar-refractivity contribution in [3.05, 3.63) is 0 Å². The topological polar surface area (TPSA) is 198 Å². The van der Waals surface area contributed by atoms with Crippen molar-refractivity contribution in [2.45, 2.75) is 27.7 Å². The molecule has 111 valence electrons. The van der Waals surface area contributed by atoms with Crippen LogP contribution in [0.3, 0.4) is 0 Å². The summed E-state index contributed by atoms with van der Waals surface area (Å²) in [6.45, 7) is 8.96. The fourth-order valence-corrected chi connectivity index (χ4v) is 0. The maximum absolute atomic E-state index is 8.67. The number of carbonyl (C=O) groups excluding carboxylic acids is 3. The Hall–Kier alpha value is -0.839. The van der Waals surface area contributed by atoms with Gasteiger partial charge in [0.15, 0.2) is 0 Å². The van der Waals surface area contributed by atoms with Gasteiger partial charge in [-0.25, -0.2) is 0 Å². The third-order valence-electron chi connectivity index (χ3n) is 1.33. The van der Waals surface area contributed by atoms with Crippen LogP contribution in [0.15, 0.2) is 0 Å². The molecule has 19 heavy (non-hydrogen) atoms. The Bertz CT molecular complexity index is 189. The van der Waals surface area contributed by atoms with Gasteiger partial charge in [0.25, 0.3) is 0 Å². The molecular weight excluding hydrogens is 390 g/mol. The van der Waals surface area contributed by atoms with Gasteiger partial charge in [0.05, 0.1) is 0 Å². The van der Waals surface area contributed by atoms with Crippen LogP contribution in [0.4, 0.5) is 14.4 Å². The van der Waals surface area contributed by atoms with Gasteiger partial charge in [0, 0.05) is 0 Å². The zero-order chi connectivity index (χ0) is 15.9. The number of amides is 3. The molecule has 0 saturated heterocycles. The second-order valence-electron chi connectivity index (χ2n) is 3.45. The summed E-state index contributed by atoms with van der Waals surface area (Å²) in [6, 6.07) is 0. The van der Waals surface area contributed by atoms with Crippen molar-refractivity contribution in [2.24, 2.45) is 29.0 Å². The quantitative estimate of drug-likeness (QED) is 0.416. The van der Waals surface area contributed by atoms with Gasteiger partial charge < -0.3 is 46.9 Å². The van der Waals surface area contributed by atoms with E-state index in [1.165, 1.54) is 0 Å². The molecule has 0 aliphatic carbocycles. The Balaban J connectivity index is -0.0000000459. The van der Waals surface area contributed by atoms with E-state index in [-0.39, 0.29) is 40.8 Å². The summed E-state index contributed by atoms with van der Waals surface area (Å²) >= 11 is 0. The molecule has 1 radical (unpaired) electrons. The standard InChI is InChI=1S/C6H14.3CH3NO2.Nd/c1-5(2)6(3)4;3*2-1(3)4;/h5-6H,1-4H3;3*2H2,(H,3,4);/q;;;;+3/p-3. The number of hydrogen-bond acceptors (Lipinski definition) is 6. The second kappa shape index (κ2) is 22.4. The number of primary amides is 3. The Kier molecular flexibility index (Phi) is 36.3. The molecule has 0 atom stereocenters. The molecule has 9 nitrogen and oxygen atoms in total. The summed E-state index contributed by atoms with van der Waals surface area (Å²) < 4.78 is 0. The third kappa shape index (κ3) is 395. The van der Waals surface area contributed by atoms with Gasteiger partial charge in [-0.3, -0.25) is 0 Å². The molecule has 0 aliphatic heterocycles. The van der Waals surface area contributed by atoms with E-state index in [0.29, 0.717) is 0 Å². The number of rotatable bonds is 1. The minimum Gasteiger partial charge on any atom is -0.530 e. The molecular formula is C9H20N3NdO6. The Morgan fingerprint density at radius 2 is 0.737 bits per heavy atom. The average molecular weight is 411 g/mol. The summed E-state index contributed by atoms with van der Waals surface area (Å²) in [5.74, 6) is 1.70. The maximum atomic E-state index is 8.67. The van der Waals surface area contributed by atoms with Gasteiger partial charge in [-0.1, -0.05) is 27.7 Å². The molecule has 6 N–H and O–H groups in total. The van der Waals surface area contributed by atoms with E-state index < -0.39 is 18.3 Å². The molecule has 0 aromatic rings. The van der Waals surface area contributed by atoms with Crippen molar-refractivity contribution in [3.63, 3.8) is 0 Å². The predicted octanol–water partition coefficient (Wildman–Crippen LogP) is -2.84. The molecule has 10 heteroatoms. The summed E-state index contributed by atoms with van der Waals surface area (Å²) in [7, 11) is 0. The predicted molar refractivity (Wildman–Crippen MR) is 58.4 cm³/mol. The van der Waals surface area contributed by atoms with Crippen LogP contribution in [0, 0.1) is 52.7 Å². The van der Waals surface area contributed by atoms with Crippen LogP contribution < -0.4 is 32.5 Å². The molecule has 0 rings (SSSR count). The molecule has 0 aromatic carbocycles. The zero-order valence-corrected chi connectivity index (χ0v) is 14.5. The summed E-state index contributed by atoms with van der Waals surface area (Å²) in [5, 5.41) is 26.0. The molecule has 0 unspecified atom stereocenters. The average Bonchev–Trinajstić information content (AvgIpc) is 1.99. The van der Waals surface area contributed by atoms with Gasteiger partial charge in [0.2, 0.25) is 0 Å². The normalized spacial score (nSPS) is 7.26. The molecule has 0 aliphatic rings. The Morgan fingerprint density at radius 3 is 0.737 bits per heavy atom. The number of hydrogen-bond donors (Lipinski definition) is 3. The van der Waals surface area contributed by atoms with Gasteiger partial charge in [-0.2, -0.15) is 0 Å². The first-order chi connectivity index (χ1) is 7.84. The van der Waals surface area contributed by atoms with Gasteiger partial charge in [-0.15, -0.1) is 0 Å². The Labute approximate surface area is 145 Å². The number of carbonyl (C=O) groups is 3. The van der Waals surface area contributed by atoms with E-state index in [4.69, 9.17) is 29.7 Å². The van der Waals surface area contributed by atoms with E-state index in [9.17, 15) is 0 Å². The summed E-state index contributed by atoms with van der Waals surface area (Å²) in [6.07, 6.45) is -4.75. The molecule has 0 bridgehead atoms. The van der Waals surface area contributed by atoms with E-state index in [2.05, 4.69) is 44.9 Å². The van der Waals surface area contributed by atoms with Crippen LogP contribution in [0.2, 0.25) is 0 Å². The van der Waals surface area contributed by atoms with E-state index in [1.54, 1.807) is 0 Å². The molecule has 0 spiro atoms.